The Kier molecular flexibility index (Phi) is 6.11. The van der Waals surface area contributed by atoms with Gasteiger partial charge in [-0.25, -0.2) is 18.2 Å². The number of hydrogen-bond acceptors (Lipinski definition) is 5. The Balaban J connectivity index is 1.48. The Hall–Kier alpha value is -2.71. The molecule has 146 valence electrons. The molecule has 2 amide bonds. The number of aryl methyl sites for hydroxylation is 1. The smallest absolute Gasteiger partial charge is 0.319 e. The van der Waals surface area contributed by atoms with E-state index in [0.717, 1.165) is 22.5 Å². The number of amides is 2. The third-order valence-corrected chi connectivity index (χ3v) is 6.13. The molecule has 0 saturated carbocycles. The summed E-state index contributed by atoms with van der Waals surface area (Å²) >= 11 is 1.58. The van der Waals surface area contributed by atoms with Crippen molar-refractivity contribution in [2.45, 2.75) is 18.2 Å². The number of aromatic nitrogens is 1. The topological polar surface area (TPSA) is 88.2 Å². The third kappa shape index (κ3) is 5.40. The van der Waals surface area contributed by atoms with E-state index < -0.39 is 9.84 Å². The normalized spacial score (nSPS) is 11.2. The van der Waals surface area contributed by atoms with Gasteiger partial charge >= 0.3 is 6.03 Å². The van der Waals surface area contributed by atoms with Gasteiger partial charge in [0.25, 0.3) is 0 Å². The van der Waals surface area contributed by atoms with Crippen molar-refractivity contribution in [1.82, 2.24) is 10.3 Å². The van der Waals surface area contributed by atoms with Gasteiger partial charge in [-0.05, 0) is 31.2 Å². The highest BCUT2D eigenvalue weighted by molar-refractivity contribution is 7.90. The SMILES string of the molecule is Cc1ccc(-c2nc(CCNC(=O)Nc3ccc(S(C)(=O)=O)cc3)cs2)cc1. The monoisotopic (exact) mass is 415 g/mol. The summed E-state index contributed by atoms with van der Waals surface area (Å²) in [7, 11) is -3.25. The summed E-state index contributed by atoms with van der Waals surface area (Å²) in [6.45, 7) is 2.50. The van der Waals surface area contributed by atoms with E-state index in [9.17, 15) is 13.2 Å². The number of urea groups is 1. The fourth-order valence-corrected chi connectivity index (χ4v) is 4.01. The van der Waals surface area contributed by atoms with Crippen molar-refractivity contribution >= 4 is 32.9 Å². The van der Waals surface area contributed by atoms with Gasteiger partial charge in [0, 0.05) is 35.9 Å². The van der Waals surface area contributed by atoms with Gasteiger partial charge in [0.05, 0.1) is 10.6 Å². The van der Waals surface area contributed by atoms with E-state index in [1.54, 1.807) is 23.5 Å². The molecule has 0 radical (unpaired) electrons. The van der Waals surface area contributed by atoms with E-state index >= 15 is 0 Å². The first-order valence-corrected chi connectivity index (χ1v) is 11.4. The van der Waals surface area contributed by atoms with Crippen LogP contribution in [0.15, 0.2) is 58.8 Å². The van der Waals surface area contributed by atoms with E-state index in [1.165, 1.54) is 17.7 Å². The summed E-state index contributed by atoms with van der Waals surface area (Å²) in [5.74, 6) is 0. The summed E-state index contributed by atoms with van der Waals surface area (Å²) in [4.78, 5) is 16.8. The van der Waals surface area contributed by atoms with Crippen LogP contribution in [0.1, 0.15) is 11.3 Å². The van der Waals surface area contributed by atoms with Crippen molar-refractivity contribution in [3.63, 3.8) is 0 Å². The predicted octanol–water partition coefficient (Wildman–Crippen LogP) is 3.89. The molecule has 0 unspecified atom stereocenters. The number of anilines is 1. The number of nitrogens with one attached hydrogen (secondary N) is 2. The van der Waals surface area contributed by atoms with E-state index in [0.29, 0.717) is 18.7 Å². The van der Waals surface area contributed by atoms with Crippen LogP contribution >= 0.6 is 11.3 Å². The average molecular weight is 416 g/mol. The lowest BCUT2D eigenvalue weighted by Gasteiger charge is -2.07. The molecule has 1 heterocycles. The Morgan fingerprint density at radius 2 is 1.75 bits per heavy atom. The summed E-state index contributed by atoms with van der Waals surface area (Å²) in [6.07, 6.45) is 1.77. The molecule has 0 saturated heterocycles. The minimum absolute atomic E-state index is 0.214. The lowest BCUT2D eigenvalue weighted by molar-refractivity contribution is 0.252. The van der Waals surface area contributed by atoms with Gasteiger partial charge in [0.2, 0.25) is 0 Å². The van der Waals surface area contributed by atoms with Crippen LogP contribution in [-0.2, 0) is 16.3 Å². The molecule has 0 aliphatic carbocycles. The largest absolute Gasteiger partial charge is 0.337 e. The summed E-state index contributed by atoms with van der Waals surface area (Å²) in [5, 5.41) is 8.42. The molecule has 0 aliphatic rings. The highest BCUT2D eigenvalue weighted by atomic mass is 32.2. The Morgan fingerprint density at radius 3 is 2.39 bits per heavy atom. The fraction of sp³-hybridized carbons (Fsp3) is 0.200. The number of carbonyl (C=O) groups excluding carboxylic acids is 1. The van der Waals surface area contributed by atoms with Gasteiger partial charge in [-0.3, -0.25) is 0 Å². The van der Waals surface area contributed by atoms with Crippen molar-refractivity contribution in [3.8, 4) is 10.6 Å². The summed E-state index contributed by atoms with van der Waals surface area (Å²) < 4.78 is 22.9. The molecule has 6 nitrogen and oxygen atoms in total. The van der Waals surface area contributed by atoms with Gasteiger partial charge in [0.15, 0.2) is 9.84 Å². The standard InChI is InChI=1S/C20H21N3O3S2/c1-14-3-5-15(6-4-14)19-22-17(13-27-19)11-12-21-20(24)23-16-7-9-18(10-8-16)28(2,25)26/h3-10,13H,11-12H2,1-2H3,(H2,21,23,24). The molecule has 1 aromatic heterocycles. The maximum atomic E-state index is 12.0. The molecule has 2 N–H and O–H groups in total. The first-order chi connectivity index (χ1) is 13.3. The average Bonchev–Trinajstić information content (AvgIpc) is 3.11. The van der Waals surface area contributed by atoms with Gasteiger partial charge < -0.3 is 10.6 Å². The van der Waals surface area contributed by atoms with Crippen molar-refractivity contribution in [1.29, 1.82) is 0 Å². The quantitative estimate of drug-likeness (QED) is 0.639. The Labute approximate surface area is 168 Å². The number of hydrogen-bond donors (Lipinski definition) is 2. The van der Waals surface area contributed by atoms with Crippen molar-refractivity contribution in [3.05, 3.63) is 65.2 Å². The van der Waals surface area contributed by atoms with Crippen molar-refractivity contribution < 1.29 is 13.2 Å². The third-order valence-electron chi connectivity index (χ3n) is 4.06. The first-order valence-electron chi connectivity index (χ1n) is 8.68. The van der Waals surface area contributed by atoms with E-state index in [1.807, 2.05) is 12.3 Å². The second-order valence-corrected chi connectivity index (χ2v) is 9.31. The summed E-state index contributed by atoms with van der Waals surface area (Å²) in [5.41, 5.74) is 3.75. The lowest BCUT2D eigenvalue weighted by atomic mass is 10.2. The number of nitrogens with zero attached hydrogens (tertiary/aromatic N) is 1. The van der Waals surface area contributed by atoms with Crippen LogP contribution in [0.2, 0.25) is 0 Å². The second kappa shape index (κ2) is 8.53. The molecule has 8 heteroatoms. The number of carbonyl (C=O) groups is 1. The number of sulfone groups is 1. The molecule has 3 aromatic rings. The van der Waals surface area contributed by atoms with E-state index in [2.05, 4.69) is 39.9 Å². The van der Waals surface area contributed by atoms with Crippen LogP contribution in [0, 0.1) is 6.92 Å². The van der Waals surface area contributed by atoms with Gasteiger partial charge in [-0.1, -0.05) is 29.8 Å². The fourth-order valence-electron chi connectivity index (χ4n) is 2.52. The Bertz CT molecular complexity index is 1060. The second-order valence-electron chi connectivity index (χ2n) is 6.44. The highest BCUT2D eigenvalue weighted by Crippen LogP contribution is 2.24. The molecule has 0 fully saturated rings. The molecule has 3 rings (SSSR count). The molecule has 28 heavy (non-hydrogen) atoms. The van der Waals surface area contributed by atoms with Crippen LogP contribution in [-0.4, -0.2) is 32.2 Å². The zero-order valence-corrected chi connectivity index (χ0v) is 17.2. The Morgan fingerprint density at radius 1 is 1.07 bits per heavy atom. The van der Waals surface area contributed by atoms with Crippen LogP contribution in [0.25, 0.3) is 10.6 Å². The van der Waals surface area contributed by atoms with E-state index in [-0.39, 0.29) is 10.9 Å². The van der Waals surface area contributed by atoms with Crippen molar-refractivity contribution in [2.75, 3.05) is 18.1 Å². The van der Waals surface area contributed by atoms with Crippen LogP contribution in [0.4, 0.5) is 10.5 Å². The van der Waals surface area contributed by atoms with Crippen LogP contribution in [0.5, 0.6) is 0 Å². The van der Waals surface area contributed by atoms with Crippen LogP contribution in [0.3, 0.4) is 0 Å². The highest BCUT2D eigenvalue weighted by Gasteiger charge is 2.08. The maximum absolute atomic E-state index is 12.0. The molecular weight excluding hydrogens is 394 g/mol. The number of rotatable bonds is 6. The van der Waals surface area contributed by atoms with Gasteiger partial charge in [-0.15, -0.1) is 11.3 Å². The maximum Gasteiger partial charge on any atom is 0.319 e. The van der Waals surface area contributed by atoms with Gasteiger partial charge in [0.1, 0.15) is 5.01 Å². The molecule has 2 aromatic carbocycles. The first kappa shape index (κ1) is 20.0. The lowest BCUT2D eigenvalue weighted by Crippen LogP contribution is -2.30. The number of benzene rings is 2. The molecule has 0 aliphatic heterocycles. The molecule has 0 bridgehead atoms. The summed E-state index contributed by atoms with van der Waals surface area (Å²) in [6, 6.07) is 13.9. The van der Waals surface area contributed by atoms with Crippen LogP contribution < -0.4 is 10.6 Å². The van der Waals surface area contributed by atoms with Gasteiger partial charge in [-0.2, -0.15) is 0 Å². The minimum atomic E-state index is -3.25. The zero-order valence-electron chi connectivity index (χ0n) is 15.6. The predicted molar refractivity (Wildman–Crippen MR) is 113 cm³/mol. The molecular formula is C20H21N3O3S2. The minimum Gasteiger partial charge on any atom is -0.337 e. The van der Waals surface area contributed by atoms with E-state index in [4.69, 9.17) is 0 Å². The molecule has 0 atom stereocenters. The number of thiazole rings is 1. The molecule has 0 spiro atoms. The van der Waals surface area contributed by atoms with Crippen molar-refractivity contribution in [2.24, 2.45) is 0 Å². The zero-order chi connectivity index (χ0) is 20.1.